The van der Waals surface area contributed by atoms with Crippen LogP contribution in [-0.2, 0) is 14.3 Å². The van der Waals surface area contributed by atoms with Gasteiger partial charge in [0.1, 0.15) is 0 Å². The van der Waals surface area contributed by atoms with Crippen molar-refractivity contribution in [3.63, 3.8) is 0 Å². The monoisotopic (exact) mass is 336 g/mol. The molecular formula is C16H24N4O4. The van der Waals surface area contributed by atoms with Crippen LogP contribution in [0.4, 0.5) is 11.4 Å². The highest BCUT2D eigenvalue weighted by Gasteiger charge is 2.33. The topological polar surface area (TPSA) is 104 Å². The predicted octanol–water partition coefficient (Wildman–Crippen LogP) is 0.369. The number of aliphatic hydroxyl groups excluding tert-OH is 1. The van der Waals surface area contributed by atoms with E-state index >= 15 is 0 Å². The lowest BCUT2D eigenvalue weighted by atomic mass is 10.1. The van der Waals surface area contributed by atoms with Crippen LogP contribution in [0.1, 0.15) is 19.5 Å². The van der Waals surface area contributed by atoms with Crippen molar-refractivity contribution in [2.24, 2.45) is 0 Å². The number of aryl methyl sites for hydroxylation is 1. The van der Waals surface area contributed by atoms with Gasteiger partial charge < -0.3 is 20.5 Å². The quantitative estimate of drug-likeness (QED) is 0.649. The number of aliphatic hydroxyl groups is 1. The first-order valence-corrected chi connectivity index (χ1v) is 7.80. The molecule has 0 aromatic carbocycles. The fourth-order valence-electron chi connectivity index (χ4n) is 2.85. The zero-order valence-corrected chi connectivity index (χ0v) is 14.2. The molecule has 8 heteroatoms. The smallest absolute Gasteiger partial charge is 0.238 e. The Balaban J connectivity index is 1.97. The molecule has 1 atom stereocenters. The summed E-state index contributed by atoms with van der Waals surface area (Å²) in [6.45, 7) is 6.83. The highest BCUT2D eigenvalue weighted by Crippen LogP contribution is 2.21. The Bertz CT molecular complexity index is 606. The maximum Gasteiger partial charge on any atom is 0.238 e. The van der Waals surface area contributed by atoms with Gasteiger partial charge in [0.05, 0.1) is 48.1 Å². The van der Waals surface area contributed by atoms with Gasteiger partial charge in [-0.2, -0.15) is 0 Å². The number of anilines is 2. The molecule has 2 rings (SSSR count). The molecule has 1 aromatic rings. The Morgan fingerprint density at radius 1 is 1.58 bits per heavy atom. The number of hydrogen-bond acceptors (Lipinski definition) is 6. The Labute approximate surface area is 141 Å². The van der Waals surface area contributed by atoms with Crippen LogP contribution in [0.15, 0.2) is 12.3 Å². The van der Waals surface area contributed by atoms with Gasteiger partial charge in [-0.3, -0.25) is 19.5 Å². The van der Waals surface area contributed by atoms with Crippen molar-refractivity contribution < 1.29 is 19.4 Å². The molecule has 1 saturated heterocycles. The number of carbonyl (C=O) groups is 2. The Hall–Kier alpha value is -2.03. The van der Waals surface area contributed by atoms with Crippen molar-refractivity contribution in [1.29, 1.82) is 0 Å². The number of ether oxygens (including phenoxy) is 1. The number of pyridine rings is 1. The lowest BCUT2D eigenvalue weighted by molar-refractivity contribution is -0.151. The maximum absolute atomic E-state index is 12.3. The molecule has 0 saturated carbocycles. The standard InChI is InChI=1S/C16H24N4O4/c1-11-14(18-10-22)4-12(5-17-11)19-15(23)7-20-6-13(8-21)24-16(2,3)9-20/h4-5,10,13,21H,6-9H2,1-3H3,(H,18,22)(H,19,23). The molecule has 0 bridgehead atoms. The van der Waals surface area contributed by atoms with Crippen molar-refractivity contribution in [3.8, 4) is 0 Å². The van der Waals surface area contributed by atoms with E-state index < -0.39 is 5.60 Å². The minimum absolute atomic E-state index is 0.0792. The first-order valence-electron chi connectivity index (χ1n) is 7.80. The summed E-state index contributed by atoms with van der Waals surface area (Å²) >= 11 is 0. The normalized spacial score (nSPS) is 20.4. The van der Waals surface area contributed by atoms with Crippen LogP contribution in [0, 0.1) is 6.92 Å². The summed E-state index contributed by atoms with van der Waals surface area (Å²) in [5, 5.41) is 14.6. The molecule has 1 aromatic heterocycles. The van der Waals surface area contributed by atoms with Crippen molar-refractivity contribution in [2.45, 2.75) is 32.5 Å². The summed E-state index contributed by atoms with van der Waals surface area (Å²) in [7, 11) is 0. The molecule has 2 amide bonds. The van der Waals surface area contributed by atoms with E-state index in [4.69, 9.17) is 4.74 Å². The fraction of sp³-hybridized carbons (Fsp3) is 0.562. The van der Waals surface area contributed by atoms with E-state index in [0.717, 1.165) is 0 Å². The lowest BCUT2D eigenvalue weighted by Gasteiger charge is -2.41. The van der Waals surface area contributed by atoms with E-state index in [-0.39, 0.29) is 25.2 Å². The van der Waals surface area contributed by atoms with Crippen LogP contribution in [0.5, 0.6) is 0 Å². The second kappa shape index (κ2) is 7.69. The van der Waals surface area contributed by atoms with Gasteiger partial charge in [-0.1, -0.05) is 0 Å². The van der Waals surface area contributed by atoms with Crippen molar-refractivity contribution >= 4 is 23.7 Å². The lowest BCUT2D eigenvalue weighted by Crippen LogP contribution is -2.55. The molecule has 0 aliphatic carbocycles. The van der Waals surface area contributed by atoms with E-state index in [9.17, 15) is 14.7 Å². The van der Waals surface area contributed by atoms with Crippen LogP contribution in [0.3, 0.4) is 0 Å². The number of carbonyl (C=O) groups excluding carboxylic acids is 2. The minimum atomic E-state index is -0.418. The molecule has 1 fully saturated rings. The molecule has 8 nitrogen and oxygen atoms in total. The van der Waals surface area contributed by atoms with Crippen LogP contribution < -0.4 is 10.6 Å². The molecular weight excluding hydrogens is 312 g/mol. The second-order valence-corrected chi connectivity index (χ2v) is 6.52. The van der Waals surface area contributed by atoms with Gasteiger partial charge in [0.2, 0.25) is 12.3 Å². The number of morpholine rings is 1. The second-order valence-electron chi connectivity index (χ2n) is 6.52. The van der Waals surface area contributed by atoms with Crippen LogP contribution >= 0.6 is 0 Å². The third-order valence-corrected chi connectivity index (χ3v) is 3.71. The third kappa shape index (κ3) is 4.98. The van der Waals surface area contributed by atoms with Crippen LogP contribution in [-0.4, -0.2) is 65.3 Å². The van der Waals surface area contributed by atoms with Crippen molar-refractivity contribution in [2.75, 3.05) is 36.9 Å². The minimum Gasteiger partial charge on any atom is -0.394 e. The number of nitrogens with one attached hydrogen (secondary N) is 2. The van der Waals surface area contributed by atoms with Gasteiger partial charge in [-0.25, -0.2) is 0 Å². The Kier molecular flexibility index (Phi) is 5.87. The van der Waals surface area contributed by atoms with E-state index in [1.165, 1.54) is 0 Å². The van der Waals surface area contributed by atoms with Gasteiger partial charge in [-0.05, 0) is 26.8 Å². The summed E-state index contributed by atoms with van der Waals surface area (Å²) in [6, 6.07) is 1.66. The van der Waals surface area contributed by atoms with Gasteiger partial charge in [0.15, 0.2) is 0 Å². The Morgan fingerprint density at radius 3 is 3.00 bits per heavy atom. The van der Waals surface area contributed by atoms with Crippen molar-refractivity contribution in [3.05, 3.63) is 18.0 Å². The average molecular weight is 336 g/mol. The molecule has 1 unspecified atom stereocenters. The summed E-state index contributed by atoms with van der Waals surface area (Å²) in [5.74, 6) is -0.188. The van der Waals surface area contributed by atoms with E-state index in [1.54, 1.807) is 19.2 Å². The van der Waals surface area contributed by atoms with Crippen LogP contribution in [0.25, 0.3) is 0 Å². The zero-order valence-electron chi connectivity index (χ0n) is 14.2. The highest BCUT2D eigenvalue weighted by molar-refractivity contribution is 5.93. The highest BCUT2D eigenvalue weighted by atomic mass is 16.5. The maximum atomic E-state index is 12.3. The van der Waals surface area contributed by atoms with Crippen LogP contribution in [0.2, 0.25) is 0 Å². The van der Waals surface area contributed by atoms with Gasteiger partial charge in [-0.15, -0.1) is 0 Å². The first kappa shape index (κ1) is 18.3. The number of rotatable bonds is 6. The molecule has 1 aliphatic heterocycles. The summed E-state index contributed by atoms with van der Waals surface area (Å²) in [4.78, 5) is 28.9. The van der Waals surface area contributed by atoms with E-state index in [1.807, 2.05) is 18.7 Å². The number of hydrogen-bond donors (Lipinski definition) is 3. The summed E-state index contributed by atoms with van der Waals surface area (Å²) < 4.78 is 5.73. The first-order chi connectivity index (χ1) is 11.3. The van der Waals surface area contributed by atoms with E-state index in [0.29, 0.717) is 36.6 Å². The molecule has 0 spiro atoms. The van der Waals surface area contributed by atoms with Gasteiger partial charge in [0, 0.05) is 13.1 Å². The molecule has 1 aliphatic rings. The van der Waals surface area contributed by atoms with Crippen molar-refractivity contribution in [1.82, 2.24) is 9.88 Å². The number of nitrogens with zero attached hydrogens (tertiary/aromatic N) is 2. The number of amides is 2. The summed E-state index contributed by atoms with van der Waals surface area (Å²) in [5.41, 5.74) is 1.32. The number of aromatic nitrogens is 1. The largest absolute Gasteiger partial charge is 0.394 e. The van der Waals surface area contributed by atoms with E-state index in [2.05, 4.69) is 15.6 Å². The molecule has 3 N–H and O–H groups in total. The fourth-order valence-corrected chi connectivity index (χ4v) is 2.85. The van der Waals surface area contributed by atoms with Gasteiger partial charge >= 0.3 is 0 Å². The predicted molar refractivity (Wildman–Crippen MR) is 89.8 cm³/mol. The Morgan fingerprint density at radius 2 is 2.33 bits per heavy atom. The third-order valence-electron chi connectivity index (χ3n) is 3.71. The molecule has 24 heavy (non-hydrogen) atoms. The summed E-state index contributed by atoms with van der Waals surface area (Å²) in [6.07, 6.45) is 1.81. The van der Waals surface area contributed by atoms with Gasteiger partial charge in [0.25, 0.3) is 0 Å². The average Bonchev–Trinajstić information content (AvgIpc) is 2.49. The molecule has 0 radical (unpaired) electrons. The molecule has 2 heterocycles. The zero-order chi connectivity index (χ0) is 17.7. The SMILES string of the molecule is Cc1ncc(NC(=O)CN2CC(CO)OC(C)(C)C2)cc1NC=O. The molecule has 132 valence electrons.